The summed E-state index contributed by atoms with van der Waals surface area (Å²) in [6, 6.07) is 13.8. The summed E-state index contributed by atoms with van der Waals surface area (Å²) in [5, 5.41) is 2.97. The van der Waals surface area contributed by atoms with Gasteiger partial charge in [0.2, 0.25) is 12.7 Å². The summed E-state index contributed by atoms with van der Waals surface area (Å²) < 4.78 is 16.8. The van der Waals surface area contributed by atoms with Crippen LogP contribution in [0, 0.1) is 0 Å². The van der Waals surface area contributed by atoms with Crippen LogP contribution in [-0.2, 0) is 11.3 Å². The molecule has 1 N–H and O–H groups in total. The maximum Gasteiger partial charge on any atom is 0.234 e. The molecule has 0 bridgehead atoms. The van der Waals surface area contributed by atoms with Crippen molar-refractivity contribution in [3.8, 4) is 17.2 Å². The van der Waals surface area contributed by atoms with Gasteiger partial charge < -0.3 is 24.4 Å². The summed E-state index contributed by atoms with van der Waals surface area (Å²) in [5.74, 6) is 2.36. The normalized spacial score (nSPS) is 17.1. The molecule has 2 aliphatic rings. The summed E-state index contributed by atoms with van der Waals surface area (Å²) >= 11 is 0. The molecule has 1 atom stereocenters. The molecule has 0 aliphatic carbocycles. The minimum absolute atomic E-state index is 0.0197. The molecule has 0 radical (unpaired) electrons. The van der Waals surface area contributed by atoms with Gasteiger partial charge in [-0.15, -0.1) is 0 Å². The van der Waals surface area contributed by atoms with Crippen molar-refractivity contribution in [1.29, 1.82) is 0 Å². The average Bonchev–Trinajstić information content (AvgIpc) is 3.19. The lowest BCUT2D eigenvalue weighted by Crippen LogP contribution is -2.47. The first-order chi connectivity index (χ1) is 14.1. The lowest BCUT2D eigenvalue weighted by molar-refractivity contribution is -0.122. The van der Waals surface area contributed by atoms with Gasteiger partial charge >= 0.3 is 0 Å². The number of rotatable bonds is 7. The highest BCUT2D eigenvalue weighted by molar-refractivity contribution is 5.78. The Labute approximate surface area is 171 Å². The number of ether oxygens (including phenoxy) is 3. The van der Waals surface area contributed by atoms with E-state index in [-0.39, 0.29) is 18.8 Å². The molecule has 0 saturated heterocycles. The molecule has 29 heavy (non-hydrogen) atoms. The Morgan fingerprint density at radius 1 is 1.17 bits per heavy atom. The van der Waals surface area contributed by atoms with Gasteiger partial charge in [-0.2, -0.15) is 0 Å². The molecule has 1 unspecified atom stereocenters. The summed E-state index contributed by atoms with van der Waals surface area (Å²) in [6.07, 6.45) is 0.0245. The molecule has 4 rings (SSSR count). The minimum atomic E-state index is -0.0197. The predicted octanol–water partition coefficient (Wildman–Crippen LogP) is 2.25. The Balaban J connectivity index is 1.26. The van der Waals surface area contributed by atoms with Crippen LogP contribution in [0.15, 0.2) is 42.5 Å². The van der Waals surface area contributed by atoms with Crippen LogP contribution in [-0.4, -0.2) is 56.9 Å². The van der Waals surface area contributed by atoms with E-state index < -0.39 is 0 Å². The van der Waals surface area contributed by atoms with Gasteiger partial charge in [0, 0.05) is 19.6 Å². The highest BCUT2D eigenvalue weighted by atomic mass is 16.7. The first-order valence-electron chi connectivity index (χ1n) is 9.96. The maximum atomic E-state index is 12.4. The SMILES string of the molecule is CCN1CC(CN(C)CC(=O)NCc2ccc3c(c2)OCO3)Oc2ccccc21. The topological polar surface area (TPSA) is 63.3 Å². The number of nitrogens with one attached hydrogen (secondary N) is 1. The Kier molecular flexibility index (Phi) is 5.76. The van der Waals surface area contributed by atoms with Crippen molar-refractivity contribution in [2.45, 2.75) is 19.6 Å². The number of hydrogen-bond acceptors (Lipinski definition) is 6. The number of carbonyl (C=O) groups excluding carboxylic acids is 1. The van der Waals surface area contributed by atoms with Gasteiger partial charge in [-0.05, 0) is 43.8 Å². The third-order valence-corrected chi connectivity index (χ3v) is 5.16. The number of benzene rings is 2. The van der Waals surface area contributed by atoms with Crippen molar-refractivity contribution >= 4 is 11.6 Å². The minimum Gasteiger partial charge on any atom is -0.485 e. The highest BCUT2D eigenvalue weighted by Crippen LogP contribution is 2.33. The zero-order chi connectivity index (χ0) is 20.2. The number of carbonyl (C=O) groups is 1. The number of para-hydroxylation sites is 2. The first-order valence-corrected chi connectivity index (χ1v) is 9.96. The van der Waals surface area contributed by atoms with Gasteiger partial charge in [-0.25, -0.2) is 0 Å². The first kappa shape index (κ1) is 19.4. The zero-order valence-electron chi connectivity index (χ0n) is 16.9. The number of anilines is 1. The Morgan fingerprint density at radius 2 is 2.00 bits per heavy atom. The molecule has 7 nitrogen and oxygen atoms in total. The Hall–Kier alpha value is -2.93. The molecular weight excluding hydrogens is 370 g/mol. The molecule has 2 heterocycles. The molecule has 2 aliphatic heterocycles. The number of likely N-dealkylation sites (N-methyl/N-ethyl adjacent to an activating group) is 2. The van der Waals surface area contributed by atoms with Crippen molar-refractivity contribution < 1.29 is 19.0 Å². The van der Waals surface area contributed by atoms with E-state index in [9.17, 15) is 4.79 Å². The van der Waals surface area contributed by atoms with Crippen LogP contribution in [0.25, 0.3) is 0 Å². The van der Waals surface area contributed by atoms with E-state index in [4.69, 9.17) is 14.2 Å². The van der Waals surface area contributed by atoms with E-state index in [0.29, 0.717) is 19.6 Å². The van der Waals surface area contributed by atoms with Gasteiger partial charge in [0.25, 0.3) is 0 Å². The van der Waals surface area contributed by atoms with Crippen LogP contribution in [0.2, 0.25) is 0 Å². The lowest BCUT2D eigenvalue weighted by Gasteiger charge is -2.37. The number of hydrogen-bond donors (Lipinski definition) is 1. The standard InChI is InChI=1S/C22H27N3O4/c1-3-25-13-17(29-19-7-5-4-6-18(19)25)12-24(2)14-22(26)23-11-16-8-9-20-21(10-16)28-15-27-20/h4-10,17H,3,11-15H2,1-2H3,(H,23,26). The molecular formula is C22H27N3O4. The fourth-order valence-electron chi connectivity index (χ4n) is 3.74. The number of nitrogens with zero attached hydrogens (tertiary/aromatic N) is 2. The summed E-state index contributed by atoms with van der Waals surface area (Å²) in [4.78, 5) is 16.7. The lowest BCUT2D eigenvalue weighted by atomic mass is 10.2. The van der Waals surface area contributed by atoms with Gasteiger partial charge in [0.1, 0.15) is 11.9 Å². The molecule has 0 aromatic heterocycles. The van der Waals surface area contributed by atoms with Gasteiger partial charge in [-0.3, -0.25) is 9.69 Å². The molecule has 1 amide bonds. The molecule has 2 aromatic carbocycles. The van der Waals surface area contributed by atoms with Gasteiger partial charge in [0.15, 0.2) is 11.5 Å². The van der Waals surface area contributed by atoms with E-state index in [2.05, 4.69) is 23.2 Å². The van der Waals surface area contributed by atoms with E-state index in [1.54, 1.807) is 0 Å². The Bertz CT molecular complexity index is 873. The Morgan fingerprint density at radius 3 is 2.86 bits per heavy atom. The van der Waals surface area contributed by atoms with Crippen molar-refractivity contribution in [3.63, 3.8) is 0 Å². The monoisotopic (exact) mass is 397 g/mol. The zero-order valence-corrected chi connectivity index (χ0v) is 16.9. The van der Waals surface area contributed by atoms with E-state index in [1.807, 2.05) is 48.3 Å². The third kappa shape index (κ3) is 4.56. The second kappa shape index (κ2) is 8.61. The maximum absolute atomic E-state index is 12.4. The molecule has 0 fully saturated rings. The van der Waals surface area contributed by atoms with Crippen LogP contribution < -0.4 is 24.4 Å². The number of fused-ring (bicyclic) bond motifs is 2. The van der Waals surface area contributed by atoms with Crippen LogP contribution in [0.1, 0.15) is 12.5 Å². The van der Waals surface area contributed by atoms with Gasteiger partial charge in [0.05, 0.1) is 18.8 Å². The average molecular weight is 397 g/mol. The van der Waals surface area contributed by atoms with E-state index >= 15 is 0 Å². The molecule has 7 heteroatoms. The van der Waals surface area contributed by atoms with Gasteiger partial charge in [-0.1, -0.05) is 18.2 Å². The second-order valence-corrected chi connectivity index (χ2v) is 7.41. The number of amides is 1. The summed E-state index contributed by atoms with van der Waals surface area (Å²) in [5.41, 5.74) is 2.12. The molecule has 0 saturated carbocycles. The van der Waals surface area contributed by atoms with Crippen LogP contribution in [0.4, 0.5) is 5.69 Å². The predicted molar refractivity (Wildman–Crippen MR) is 111 cm³/mol. The fraction of sp³-hybridized carbons (Fsp3) is 0.409. The molecule has 2 aromatic rings. The van der Waals surface area contributed by atoms with Crippen molar-refractivity contribution in [3.05, 3.63) is 48.0 Å². The quantitative estimate of drug-likeness (QED) is 0.773. The fourth-order valence-corrected chi connectivity index (χ4v) is 3.74. The second-order valence-electron chi connectivity index (χ2n) is 7.41. The van der Waals surface area contributed by atoms with Crippen LogP contribution >= 0.6 is 0 Å². The smallest absolute Gasteiger partial charge is 0.234 e. The largest absolute Gasteiger partial charge is 0.485 e. The molecule has 0 spiro atoms. The summed E-state index contributed by atoms with van der Waals surface area (Å²) in [6.45, 7) is 5.60. The highest BCUT2D eigenvalue weighted by Gasteiger charge is 2.25. The van der Waals surface area contributed by atoms with E-state index in [1.165, 1.54) is 0 Å². The van der Waals surface area contributed by atoms with Crippen molar-refractivity contribution in [1.82, 2.24) is 10.2 Å². The van der Waals surface area contributed by atoms with Crippen LogP contribution in [0.5, 0.6) is 17.2 Å². The van der Waals surface area contributed by atoms with E-state index in [0.717, 1.165) is 41.6 Å². The van der Waals surface area contributed by atoms with Crippen molar-refractivity contribution in [2.75, 3.05) is 44.9 Å². The van der Waals surface area contributed by atoms with Crippen molar-refractivity contribution in [2.24, 2.45) is 0 Å². The summed E-state index contributed by atoms with van der Waals surface area (Å²) in [7, 11) is 1.94. The van der Waals surface area contributed by atoms with Crippen LogP contribution in [0.3, 0.4) is 0 Å². The third-order valence-electron chi connectivity index (χ3n) is 5.16. The molecule has 154 valence electrons.